The van der Waals surface area contributed by atoms with Gasteiger partial charge in [-0.1, -0.05) is 12.2 Å². The van der Waals surface area contributed by atoms with Crippen LogP contribution in [0.5, 0.6) is 0 Å². The molecule has 2 unspecified atom stereocenters. The summed E-state index contributed by atoms with van der Waals surface area (Å²) in [4.78, 5) is 31.7. The van der Waals surface area contributed by atoms with E-state index < -0.39 is 20.5 Å². The van der Waals surface area contributed by atoms with Crippen LogP contribution >= 0.6 is 20.8 Å². The number of nitrogens with zero attached hydrogens (tertiary/aromatic N) is 1. The van der Waals surface area contributed by atoms with Crippen molar-refractivity contribution < 1.29 is 24.2 Å². The Hall–Kier alpha value is -0.670. The second-order valence-corrected chi connectivity index (χ2v) is 5.49. The topological polar surface area (TPSA) is 117 Å². The van der Waals surface area contributed by atoms with Gasteiger partial charge in [0, 0.05) is 11.8 Å². The van der Waals surface area contributed by atoms with Gasteiger partial charge in [-0.25, -0.2) is 4.79 Å². The summed E-state index contributed by atoms with van der Waals surface area (Å²) < 4.78 is 11.9. The number of hydrogen-bond acceptors (Lipinski definition) is 7. The molecule has 2 atom stereocenters. The molecule has 0 amide bonds. The van der Waals surface area contributed by atoms with E-state index in [0.717, 1.165) is 0 Å². The number of aliphatic hydroxyl groups is 1. The van der Waals surface area contributed by atoms with Gasteiger partial charge in [-0.2, -0.15) is 0 Å². The molecule has 20 heavy (non-hydrogen) atoms. The highest BCUT2D eigenvalue weighted by atomic mass is 32.1. The number of aliphatic hydroxyl groups excluding tert-OH is 1. The highest BCUT2D eigenvalue weighted by Gasteiger charge is 2.28. The Morgan fingerprint density at radius 1 is 1.55 bits per heavy atom. The summed E-state index contributed by atoms with van der Waals surface area (Å²) in [5.74, 6) is 0. The lowest BCUT2D eigenvalue weighted by Gasteiger charge is -2.16. The van der Waals surface area contributed by atoms with Crippen LogP contribution in [0.25, 0.3) is 0 Å². The average Bonchev–Trinajstić information content (AvgIpc) is 2.85. The van der Waals surface area contributed by atoms with Crippen LogP contribution in [0, 0.1) is 4.64 Å². The summed E-state index contributed by atoms with van der Waals surface area (Å²) in [5.41, 5.74) is 0.0301. The van der Waals surface area contributed by atoms with Crippen LogP contribution in [-0.4, -0.2) is 37.2 Å². The molecule has 1 aliphatic heterocycles. The van der Waals surface area contributed by atoms with Crippen molar-refractivity contribution in [2.45, 2.75) is 31.8 Å². The molecule has 0 radical (unpaired) electrons. The molecule has 112 valence electrons. The van der Waals surface area contributed by atoms with Gasteiger partial charge in [0.2, 0.25) is 0 Å². The van der Waals surface area contributed by atoms with Gasteiger partial charge in [-0.3, -0.25) is 9.55 Å². The first-order chi connectivity index (χ1) is 9.51. The van der Waals surface area contributed by atoms with Crippen molar-refractivity contribution >= 4 is 20.8 Å². The highest BCUT2D eigenvalue weighted by molar-refractivity contribution is 7.71. The third-order valence-corrected chi connectivity index (χ3v) is 3.73. The summed E-state index contributed by atoms with van der Waals surface area (Å²) in [6.45, 7) is -0.214. The van der Waals surface area contributed by atoms with Crippen LogP contribution < -0.4 is 5.69 Å². The fourth-order valence-electron chi connectivity index (χ4n) is 2.02. The molecular weight excluding hydrogens is 307 g/mol. The minimum absolute atomic E-state index is 0.0552. The fraction of sp³-hybridized carbons (Fsp3) is 0.600. The summed E-state index contributed by atoms with van der Waals surface area (Å²) in [7, 11) is -2.41. The molecule has 1 fully saturated rings. The quantitative estimate of drug-likeness (QED) is 0.455. The van der Waals surface area contributed by atoms with Gasteiger partial charge < -0.3 is 24.2 Å². The van der Waals surface area contributed by atoms with Crippen molar-refractivity contribution in [2.24, 2.45) is 0 Å². The maximum absolute atomic E-state index is 11.8. The maximum Gasteiger partial charge on any atom is 0.328 e. The van der Waals surface area contributed by atoms with Crippen LogP contribution in [0.2, 0.25) is 0 Å². The second-order valence-electron chi connectivity index (χ2n) is 4.32. The summed E-state index contributed by atoms with van der Waals surface area (Å²) in [6.07, 6.45) is 1.89. The number of aromatic nitrogens is 2. The van der Waals surface area contributed by atoms with E-state index in [1.807, 2.05) is 0 Å². The Morgan fingerprint density at radius 2 is 2.30 bits per heavy atom. The first-order valence-corrected chi connectivity index (χ1v) is 7.50. The van der Waals surface area contributed by atoms with Crippen LogP contribution in [0.1, 0.15) is 24.6 Å². The van der Waals surface area contributed by atoms with E-state index in [1.54, 1.807) is 0 Å². The van der Waals surface area contributed by atoms with Gasteiger partial charge in [-0.05, 0) is 12.8 Å². The van der Waals surface area contributed by atoms with Crippen LogP contribution in [-0.2, 0) is 15.9 Å². The Kier molecular flexibility index (Phi) is 5.39. The SMILES string of the molecule is O=c1[nH]c(=S)c(CO)cn1C1CCC(COP(O)O)O1. The Labute approximate surface area is 120 Å². The molecule has 2 heterocycles. The number of H-pyrrole nitrogens is 1. The maximum atomic E-state index is 11.8. The molecule has 8 nitrogen and oxygen atoms in total. The van der Waals surface area contributed by atoms with Crippen molar-refractivity contribution in [2.75, 3.05) is 6.61 Å². The van der Waals surface area contributed by atoms with Crippen molar-refractivity contribution in [3.8, 4) is 0 Å². The Bertz CT molecular complexity index is 574. The van der Waals surface area contributed by atoms with E-state index in [4.69, 9.17) is 36.4 Å². The normalized spacial score (nSPS) is 22.6. The molecule has 1 saturated heterocycles. The summed E-state index contributed by atoms with van der Waals surface area (Å²) in [6, 6.07) is 0. The average molecular weight is 322 g/mol. The zero-order valence-electron chi connectivity index (χ0n) is 10.4. The lowest BCUT2D eigenvalue weighted by molar-refractivity contribution is -0.0218. The number of hydrogen-bond donors (Lipinski definition) is 4. The number of rotatable bonds is 5. The molecule has 1 aromatic heterocycles. The lowest BCUT2D eigenvalue weighted by Crippen LogP contribution is -2.28. The zero-order valence-corrected chi connectivity index (χ0v) is 12.1. The predicted molar refractivity (Wildman–Crippen MR) is 72.3 cm³/mol. The summed E-state index contributed by atoms with van der Waals surface area (Å²) in [5, 5.41) is 9.16. The largest absolute Gasteiger partial charge is 0.392 e. The van der Waals surface area contributed by atoms with Gasteiger partial charge in [0.1, 0.15) is 10.9 Å². The van der Waals surface area contributed by atoms with Crippen molar-refractivity contribution in [3.63, 3.8) is 0 Å². The molecule has 0 spiro atoms. The molecule has 10 heteroatoms. The van der Waals surface area contributed by atoms with Gasteiger partial charge in [0.05, 0.1) is 19.3 Å². The minimum Gasteiger partial charge on any atom is -0.392 e. The molecule has 0 aliphatic carbocycles. The third kappa shape index (κ3) is 3.70. The fourth-order valence-corrected chi connectivity index (χ4v) is 2.52. The second kappa shape index (κ2) is 6.86. The molecule has 0 aromatic carbocycles. The van der Waals surface area contributed by atoms with Gasteiger partial charge in [-0.15, -0.1) is 0 Å². The first kappa shape index (κ1) is 15.7. The summed E-state index contributed by atoms with van der Waals surface area (Å²) >= 11 is 4.92. The van der Waals surface area contributed by atoms with Crippen LogP contribution in [0.15, 0.2) is 11.0 Å². The smallest absolute Gasteiger partial charge is 0.328 e. The Balaban J connectivity index is 2.10. The molecule has 1 aliphatic rings. The highest BCUT2D eigenvalue weighted by Crippen LogP contribution is 2.31. The van der Waals surface area contributed by atoms with E-state index in [9.17, 15) is 4.79 Å². The molecule has 4 N–H and O–H groups in total. The molecule has 0 bridgehead atoms. The van der Waals surface area contributed by atoms with E-state index in [1.165, 1.54) is 10.8 Å². The lowest BCUT2D eigenvalue weighted by atomic mass is 10.2. The molecule has 2 rings (SSSR count). The van der Waals surface area contributed by atoms with Gasteiger partial charge in [0.15, 0.2) is 0 Å². The standard InChI is InChI=1S/C10H15N2O6PS/c13-4-6-3-12(10(14)11-9(6)20)8-2-1-7(18-8)5-17-19(15)16/h3,7-8,13,15-16H,1-2,4-5H2,(H,11,14,20). The Morgan fingerprint density at radius 3 is 2.95 bits per heavy atom. The van der Waals surface area contributed by atoms with Gasteiger partial charge >= 0.3 is 14.3 Å². The van der Waals surface area contributed by atoms with E-state index in [2.05, 4.69) is 4.98 Å². The van der Waals surface area contributed by atoms with Gasteiger partial charge in [0.25, 0.3) is 0 Å². The van der Waals surface area contributed by atoms with Crippen molar-refractivity contribution in [1.29, 1.82) is 0 Å². The number of nitrogens with one attached hydrogen (secondary N) is 1. The predicted octanol–water partition coefficient (Wildman–Crippen LogP) is 0.304. The number of aromatic amines is 1. The molecule has 0 saturated carbocycles. The minimum atomic E-state index is -2.41. The first-order valence-electron chi connectivity index (χ1n) is 5.92. The van der Waals surface area contributed by atoms with Crippen LogP contribution in [0.4, 0.5) is 0 Å². The zero-order chi connectivity index (χ0) is 14.7. The van der Waals surface area contributed by atoms with Crippen molar-refractivity contribution in [1.82, 2.24) is 9.55 Å². The van der Waals surface area contributed by atoms with Crippen molar-refractivity contribution in [3.05, 3.63) is 26.9 Å². The molecular formula is C10H15N2O6PS. The monoisotopic (exact) mass is 322 g/mol. The van der Waals surface area contributed by atoms with E-state index in [0.29, 0.717) is 18.4 Å². The number of ether oxygens (including phenoxy) is 1. The molecule has 1 aromatic rings. The van der Waals surface area contributed by atoms with E-state index in [-0.39, 0.29) is 24.0 Å². The van der Waals surface area contributed by atoms with Crippen LogP contribution in [0.3, 0.4) is 0 Å². The third-order valence-electron chi connectivity index (χ3n) is 2.98. The van der Waals surface area contributed by atoms with E-state index >= 15 is 0 Å².